The molecule has 0 radical (unpaired) electrons. The molecule has 0 fully saturated rings. The molecule has 0 saturated carbocycles. The summed E-state index contributed by atoms with van der Waals surface area (Å²) in [6, 6.07) is 44.9. The summed E-state index contributed by atoms with van der Waals surface area (Å²) in [5, 5.41) is 4.54. The number of fused-ring (bicyclic) bond motifs is 5. The summed E-state index contributed by atoms with van der Waals surface area (Å²) in [7, 11) is 0. The van der Waals surface area contributed by atoms with Gasteiger partial charge in [0, 0.05) is 45.5 Å². The lowest BCUT2D eigenvalue weighted by Gasteiger charge is -2.29. The van der Waals surface area contributed by atoms with Crippen LogP contribution >= 0.6 is 0 Å². The normalized spacial score (nSPS) is 14.9. The molecule has 0 saturated heterocycles. The Morgan fingerprint density at radius 1 is 0.667 bits per heavy atom. The highest BCUT2D eigenvalue weighted by Gasteiger charge is 2.18. The topological polar surface area (TPSA) is 29.3 Å². The van der Waals surface area contributed by atoms with E-state index in [1.54, 1.807) is 0 Å². The summed E-state index contributed by atoms with van der Waals surface area (Å²) in [5.74, 6) is 0.397. The zero-order valence-corrected chi connectivity index (χ0v) is 23.0. The van der Waals surface area contributed by atoms with Crippen LogP contribution in [0.15, 0.2) is 162 Å². The van der Waals surface area contributed by atoms with Gasteiger partial charge in [0.25, 0.3) is 0 Å². The van der Waals surface area contributed by atoms with Gasteiger partial charge in [0.1, 0.15) is 5.58 Å². The number of aromatic nitrogens is 1. The summed E-state index contributed by atoms with van der Waals surface area (Å²) in [6.45, 7) is 0. The van der Waals surface area contributed by atoms with Crippen LogP contribution in [0.3, 0.4) is 0 Å². The Morgan fingerprint density at radius 2 is 1.40 bits per heavy atom. The van der Waals surface area contributed by atoms with Gasteiger partial charge in [0.05, 0.1) is 0 Å². The number of hydrogen-bond donors (Lipinski definition) is 0. The molecule has 0 spiro atoms. The van der Waals surface area contributed by atoms with Gasteiger partial charge in [-0.2, -0.15) is 0 Å². The van der Waals surface area contributed by atoms with E-state index in [-0.39, 0.29) is 0 Å². The smallest absolute Gasteiger partial charge is 0.227 e. The number of pyridine rings is 1. The highest BCUT2D eigenvalue weighted by molar-refractivity contribution is 6.18. The largest absolute Gasteiger partial charge is 0.438 e. The summed E-state index contributed by atoms with van der Waals surface area (Å²) in [5.41, 5.74) is 8.51. The predicted octanol–water partition coefficient (Wildman–Crippen LogP) is 10.6. The maximum Gasteiger partial charge on any atom is 0.227 e. The van der Waals surface area contributed by atoms with Crippen LogP contribution in [-0.4, -0.2) is 4.98 Å². The number of furan rings is 1. The van der Waals surface area contributed by atoms with Crippen LogP contribution in [-0.2, 0) is 0 Å². The van der Waals surface area contributed by atoms with Crippen molar-refractivity contribution in [3.63, 3.8) is 0 Å². The molecule has 7 aromatic rings. The van der Waals surface area contributed by atoms with E-state index in [9.17, 15) is 0 Å². The van der Waals surface area contributed by atoms with Gasteiger partial charge in [-0.15, -0.1) is 0 Å². The van der Waals surface area contributed by atoms with Crippen molar-refractivity contribution < 1.29 is 4.42 Å². The van der Waals surface area contributed by atoms with Crippen molar-refractivity contribution in [2.75, 3.05) is 4.90 Å². The minimum atomic E-state index is 0.397. The molecule has 0 aliphatic heterocycles. The van der Waals surface area contributed by atoms with Gasteiger partial charge in [-0.25, -0.2) is 4.98 Å². The molecular weight excluding hydrogens is 512 g/mol. The minimum Gasteiger partial charge on any atom is -0.438 e. The number of rotatable bonds is 5. The molecule has 0 amide bonds. The molecule has 8 rings (SSSR count). The average Bonchev–Trinajstić information content (AvgIpc) is 3.45. The maximum atomic E-state index is 6.12. The first-order valence-corrected chi connectivity index (χ1v) is 14.4. The Morgan fingerprint density at radius 3 is 2.19 bits per heavy atom. The van der Waals surface area contributed by atoms with E-state index in [4.69, 9.17) is 9.40 Å². The van der Waals surface area contributed by atoms with Gasteiger partial charge >= 0.3 is 0 Å². The fourth-order valence-electron chi connectivity index (χ4n) is 6.14. The Balaban J connectivity index is 1.15. The fourth-order valence-corrected chi connectivity index (χ4v) is 6.14. The Hall–Kier alpha value is -5.41. The Kier molecular flexibility index (Phi) is 5.93. The zero-order valence-electron chi connectivity index (χ0n) is 23.0. The van der Waals surface area contributed by atoms with E-state index in [0.29, 0.717) is 11.6 Å². The number of anilines is 2. The molecule has 1 unspecified atom stereocenters. The van der Waals surface area contributed by atoms with E-state index in [1.165, 1.54) is 22.0 Å². The quantitative estimate of drug-likeness (QED) is 0.217. The molecule has 2 heterocycles. The standard InChI is InChI=1S/C39H28N2O/c1-3-9-27(10-4-1)28-15-20-33(21-16-28)41(32-12-5-2-6-13-32)34-22-17-29(18-23-34)31-25-36-38-35-14-8-7-11-30(35)19-24-37(38)42-39(36)40-26-31/h1-15,17-26,28H,16H2. The van der Waals surface area contributed by atoms with Gasteiger partial charge in [-0.3, -0.25) is 0 Å². The SMILES string of the molecule is C1=CC(c2ccccc2)CC=C1N(c1ccccc1)c1ccc(-c2cnc3oc4ccc5ccccc5c4c3c2)cc1. The third kappa shape index (κ3) is 4.27. The molecule has 3 nitrogen and oxygen atoms in total. The molecule has 1 aliphatic carbocycles. The lowest BCUT2D eigenvalue weighted by molar-refractivity contribution is 0.654. The van der Waals surface area contributed by atoms with E-state index in [0.717, 1.165) is 45.3 Å². The number of hydrogen-bond acceptors (Lipinski definition) is 3. The number of benzene rings is 5. The van der Waals surface area contributed by atoms with Crippen molar-refractivity contribution in [1.29, 1.82) is 0 Å². The molecule has 2 aromatic heterocycles. The summed E-state index contributed by atoms with van der Waals surface area (Å²) < 4.78 is 6.12. The van der Waals surface area contributed by atoms with E-state index in [2.05, 4.69) is 144 Å². The molecule has 0 bridgehead atoms. The second-order valence-corrected chi connectivity index (χ2v) is 10.8. The lowest BCUT2D eigenvalue weighted by atomic mass is 9.91. The van der Waals surface area contributed by atoms with Crippen LogP contribution in [0.2, 0.25) is 0 Å². The number of nitrogens with zero attached hydrogens (tertiary/aromatic N) is 2. The molecule has 5 aromatic carbocycles. The van der Waals surface area contributed by atoms with E-state index >= 15 is 0 Å². The van der Waals surface area contributed by atoms with Gasteiger partial charge in [0.2, 0.25) is 5.71 Å². The van der Waals surface area contributed by atoms with E-state index in [1.807, 2.05) is 12.3 Å². The lowest BCUT2D eigenvalue weighted by Crippen LogP contribution is -2.17. The van der Waals surface area contributed by atoms with Crippen LogP contribution in [0.4, 0.5) is 11.4 Å². The maximum absolute atomic E-state index is 6.12. The second-order valence-electron chi connectivity index (χ2n) is 10.8. The summed E-state index contributed by atoms with van der Waals surface area (Å²) >= 11 is 0. The summed E-state index contributed by atoms with van der Waals surface area (Å²) in [6.07, 6.45) is 9.82. The van der Waals surface area contributed by atoms with Crippen molar-refractivity contribution in [1.82, 2.24) is 4.98 Å². The summed E-state index contributed by atoms with van der Waals surface area (Å²) in [4.78, 5) is 7.05. The molecule has 42 heavy (non-hydrogen) atoms. The molecule has 1 aliphatic rings. The zero-order chi connectivity index (χ0) is 27.9. The van der Waals surface area contributed by atoms with Crippen LogP contribution in [0.1, 0.15) is 17.9 Å². The Labute approximate surface area is 244 Å². The van der Waals surface area contributed by atoms with Crippen LogP contribution in [0.25, 0.3) is 44.0 Å². The van der Waals surface area contributed by atoms with Gasteiger partial charge < -0.3 is 9.32 Å². The first-order valence-electron chi connectivity index (χ1n) is 14.4. The highest BCUT2D eigenvalue weighted by Crippen LogP contribution is 2.38. The van der Waals surface area contributed by atoms with Crippen molar-refractivity contribution in [2.24, 2.45) is 0 Å². The third-order valence-corrected chi connectivity index (χ3v) is 8.26. The first-order chi connectivity index (χ1) is 20.8. The van der Waals surface area contributed by atoms with Crippen LogP contribution in [0.5, 0.6) is 0 Å². The fraction of sp³-hybridized carbons (Fsp3) is 0.0513. The highest BCUT2D eigenvalue weighted by atomic mass is 16.3. The first kappa shape index (κ1) is 24.4. The second kappa shape index (κ2) is 10.2. The monoisotopic (exact) mass is 540 g/mol. The van der Waals surface area contributed by atoms with Gasteiger partial charge in [0.15, 0.2) is 0 Å². The predicted molar refractivity (Wildman–Crippen MR) is 174 cm³/mol. The van der Waals surface area contributed by atoms with Gasteiger partial charge in [-0.05, 0) is 70.8 Å². The Bertz CT molecular complexity index is 2110. The molecule has 0 N–H and O–H groups in total. The molecular formula is C39H28N2O. The van der Waals surface area contributed by atoms with Crippen LogP contribution in [0, 0.1) is 0 Å². The van der Waals surface area contributed by atoms with E-state index < -0.39 is 0 Å². The van der Waals surface area contributed by atoms with Crippen LogP contribution < -0.4 is 4.90 Å². The third-order valence-electron chi connectivity index (χ3n) is 8.26. The average molecular weight is 541 g/mol. The van der Waals surface area contributed by atoms with Crippen molar-refractivity contribution in [3.05, 3.63) is 163 Å². The van der Waals surface area contributed by atoms with Crippen molar-refractivity contribution >= 4 is 44.2 Å². The number of para-hydroxylation sites is 1. The molecule has 3 heteroatoms. The molecule has 200 valence electrons. The minimum absolute atomic E-state index is 0.397. The number of allylic oxidation sites excluding steroid dienone is 3. The molecule has 1 atom stereocenters. The van der Waals surface area contributed by atoms with Crippen molar-refractivity contribution in [3.8, 4) is 11.1 Å². The van der Waals surface area contributed by atoms with Gasteiger partial charge in [-0.1, -0.05) is 103 Å². The van der Waals surface area contributed by atoms with Crippen molar-refractivity contribution in [2.45, 2.75) is 12.3 Å².